The third-order valence-corrected chi connectivity index (χ3v) is 6.57. The molecular weight excluding hydrogens is 406 g/mol. The van der Waals surface area contributed by atoms with Crippen LogP contribution in [0, 0.1) is 0 Å². The summed E-state index contributed by atoms with van der Waals surface area (Å²) in [5, 5.41) is 3.51. The summed E-state index contributed by atoms with van der Waals surface area (Å²) >= 11 is 0. The second-order valence-electron chi connectivity index (χ2n) is 10.0. The molecule has 33 heavy (non-hydrogen) atoms. The van der Waals surface area contributed by atoms with Gasteiger partial charge in [0, 0.05) is 26.4 Å². The first-order valence-electron chi connectivity index (χ1n) is 15.3. The molecule has 0 saturated heterocycles. The molecule has 3 nitrogen and oxygen atoms in total. The van der Waals surface area contributed by atoms with Crippen molar-refractivity contribution >= 4 is 0 Å². The van der Waals surface area contributed by atoms with Crippen molar-refractivity contribution in [3.05, 3.63) is 0 Å². The summed E-state index contributed by atoms with van der Waals surface area (Å²) < 4.78 is 11.5. The smallest absolute Gasteiger partial charge is 0.0478 e. The fourth-order valence-corrected chi connectivity index (χ4v) is 4.31. The van der Waals surface area contributed by atoms with Crippen LogP contribution in [-0.4, -0.2) is 39.5 Å². The topological polar surface area (TPSA) is 30.5 Å². The Kier molecular flexibility index (Phi) is 31.8. The predicted octanol–water partition coefficient (Wildman–Crippen LogP) is 9.23. The average molecular weight is 470 g/mol. The van der Waals surface area contributed by atoms with Crippen LogP contribution in [0.1, 0.15) is 155 Å². The molecule has 0 bridgehead atoms. The van der Waals surface area contributed by atoms with Gasteiger partial charge < -0.3 is 14.8 Å². The molecule has 0 amide bonds. The molecule has 0 aromatic carbocycles. The van der Waals surface area contributed by atoms with Crippen molar-refractivity contribution in [1.82, 2.24) is 5.32 Å². The summed E-state index contributed by atoms with van der Waals surface area (Å²) in [5.41, 5.74) is 0. The molecule has 0 spiro atoms. The molecule has 0 fully saturated rings. The van der Waals surface area contributed by atoms with E-state index in [2.05, 4.69) is 19.2 Å². The van der Waals surface area contributed by atoms with E-state index in [0.29, 0.717) is 0 Å². The van der Waals surface area contributed by atoms with Gasteiger partial charge in [-0.3, -0.25) is 0 Å². The first-order chi connectivity index (χ1) is 16.4. The largest absolute Gasteiger partial charge is 0.381 e. The number of unbranched alkanes of at least 4 members (excludes halogenated alkanes) is 18. The standard InChI is InChI=1S/C30H63NO2/c1-3-5-7-9-11-13-15-17-19-21-27-32-29-23-25-31-26-24-30-33-28-22-20-18-16-14-12-10-8-6-4-2/h31H,3-30H2,1-2H3. The summed E-state index contributed by atoms with van der Waals surface area (Å²) in [6, 6.07) is 0. The van der Waals surface area contributed by atoms with E-state index in [9.17, 15) is 0 Å². The number of rotatable bonds is 30. The average Bonchev–Trinajstić information content (AvgIpc) is 2.83. The zero-order valence-electron chi connectivity index (χ0n) is 23.1. The first kappa shape index (κ1) is 32.9. The Balaban J connectivity index is 2.99. The molecule has 0 heterocycles. The predicted molar refractivity (Wildman–Crippen MR) is 147 cm³/mol. The molecule has 0 atom stereocenters. The Morgan fingerprint density at radius 3 is 0.939 bits per heavy atom. The fraction of sp³-hybridized carbons (Fsp3) is 1.00. The van der Waals surface area contributed by atoms with Crippen molar-refractivity contribution in [3.63, 3.8) is 0 Å². The van der Waals surface area contributed by atoms with Gasteiger partial charge in [0.15, 0.2) is 0 Å². The number of hydrogen-bond acceptors (Lipinski definition) is 3. The van der Waals surface area contributed by atoms with Crippen molar-refractivity contribution < 1.29 is 9.47 Å². The van der Waals surface area contributed by atoms with Crippen molar-refractivity contribution in [2.45, 2.75) is 155 Å². The molecule has 0 rings (SSSR count). The fourth-order valence-electron chi connectivity index (χ4n) is 4.31. The minimum absolute atomic E-state index is 0.902. The highest BCUT2D eigenvalue weighted by Crippen LogP contribution is 2.11. The monoisotopic (exact) mass is 469 g/mol. The minimum Gasteiger partial charge on any atom is -0.381 e. The van der Waals surface area contributed by atoms with Gasteiger partial charge in [0.2, 0.25) is 0 Å². The van der Waals surface area contributed by atoms with Crippen LogP contribution in [-0.2, 0) is 9.47 Å². The molecule has 0 aliphatic heterocycles. The summed E-state index contributed by atoms with van der Waals surface area (Å²) in [6.07, 6.45) is 30.0. The Morgan fingerprint density at radius 2 is 0.606 bits per heavy atom. The second kappa shape index (κ2) is 31.9. The zero-order valence-corrected chi connectivity index (χ0v) is 23.1. The molecule has 200 valence electrons. The van der Waals surface area contributed by atoms with E-state index in [1.807, 2.05) is 0 Å². The Labute approximate surface area is 209 Å². The molecule has 0 aliphatic carbocycles. The quantitative estimate of drug-likeness (QED) is 0.106. The lowest BCUT2D eigenvalue weighted by Gasteiger charge is -2.07. The van der Waals surface area contributed by atoms with E-state index < -0.39 is 0 Å². The molecule has 0 radical (unpaired) electrons. The lowest BCUT2D eigenvalue weighted by atomic mass is 10.1. The highest BCUT2D eigenvalue weighted by Gasteiger charge is 1.96. The van der Waals surface area contributed by atoms with Gasteiger partial charge in [-0.15, -0.1) is 0 Å². The van der Waals surface area contributed by atoms with Crippen LogP contribution in [0.15, 0.2) is 0 Å². The second-order valence-corrected chi connectivity index (χ2v) is 10.0. The van der Waals surface area contributed by atoms with E-state index in [4.69, 9.17) is 9.47 Å². The van der Waals surface area contributed by atoms with Crippen molar-refractivity contribution in [1.29, 1.82) is 0 Å². The maximum absolute atomic E-state index is 5.77. The van der Waals surface area contributed by atoms with Gasteiger partial charge in [-0.2, -0.15) is 0 Å². The normalized spacial score (nSPS) is 11.5. The summed E-state index contributed by atoms with van der Waals surface area (Å²) in [7, 11) is 0. The van der Waals surface area contributed by atoms with E-state index >= 15 is 0 Å². The summed E-state index contributed by atoms with van der Waals surface area (Å²) in [5.74, 6) is 0. The van der Waals surface area contributed by atoms with Crippen LogP contribution < -0.4 is 5.32 Å². The third-order valence-electron chi connectivity index (χ3n) is 6.57. The van der Waals surface area contributed by atoms with E-state index in [1.54, 1.807) is 0 Å². The van der Waals surface area contributed by atoms with E-state index in [-0.39, 0.29) is 0 Å². The Hall–Kier alpha value is -0.120. The van der Waals surface area contributed by atoms with Crippen LogP contribution in [0.3, 0.4) is 0 Å². The molecule has 0 aliphatic rings. The van der Waals surface area contributed by atoms with Gasteiger partial charge in [0.1, 0.15) is 0 Å². The SMILES string of the molecule is CCCCCCCCCCCCOCCCNCCCOCCCCCCCCCCCC. The van der Waals surface area contributed by atoms with Gasteiger partial charge in [-0.05, 0) is 38.8 Å². The van der Waals surface area contributed by atoms with Crippen molar-refractivity contribution in [2.75, 3.05) is 39.5 Å². The van der Waals surface area contributed by atoms with Gasteiger partial charge >= 0.3 is 0 Å². The lowest BCUT2D eigenvalue weighted by molar-refractivity contribution is 0.123. The van der Waals surface area contributed by atoms with E-state index in [0.717, 1.165) is 52.4 Å². The number of ether oxygens (including phenoxy) is 2. The van der Waals surface area contributed by atoms with Crippen LogP contribution in [0.5, 0.6) is 0 Å². The van der Waals surface area contributed by atoms with Gasteiger partial charge in [0.05, 0.1) is 0 Å². The zero-order chi connectivity index (χ0) is 23.9. The molecule has 3 heteroatoms. The number of hydrogen-bond donors (Lipinski definition) is 1. The van der Waals surface area contributed by atoms with Gasteiger partial charge in [0.25, 0.3) is 0 Å². The number of nitrogens with one attached hydrogen (secondary N) is 1. The highest BCUT2D eigenvalue weighted by molar-refractivity contribution is 4.51. The Bertz CT molecular complexity index is 294. The summed E-state index contributed by atoms with van der Waals surface area (Å²) in [6.45, 7) is 10.4. The maximum atomic E-state index is 5.77. The Morgan fingerprint density at radius 1 is 0.333 bits per heavy atom. The highest BCUT2D eigenvalue weighted by atomic mass is 16.5. The molecule has 0 unspecified atom stereocenters. The molecule has 0 aromatic rings. The van der Waals surface area contributed by atoms with Crippen molar-refractivity contribution in [2.24, 2.45) is 0 Å². The molecule has 0 aromatic heterocycles. The van der Waals surface area contributed by atoms with Gasteiger partial charge in [-0.1, -0.05) is 129 Å². The van der Waals surface area contributed by atoms with Gasteiger partial charge in [-0.25, -0.2) is 0 Å². The molecule has 0 saturated carbocycles. The van der Waals surface area contributed by atoms with Crippen LogP contribution >= 0.6 is 0 Å². The molecule has 1 N–H and O–H groups in total. The first-order valence-corrected chi connectivity index (χ1v) is 15.3. The molecular formula is C30H63NO2. The van der Waals surface area contributed by atoms with E-state index in [1.165, 1.54) is 128 Å². The summed E-state index contributed by atoms with van der Waals surface area (Å²) in [4.78, 5) is 0. The van der Waals surface area contributed by atoms with Crippen LogP contribution in [0.25, 0.3) is 0 Å². The van der Waals surface area contributed by atoms with Crippen LogP contribution in [0.4, 0.5) is 0 Å². The van der Waals surface area contributed by atoms with Crippen LogP contribution in [0.2, 0.25) is 0 Å². The lowest BCUT2D eigenvalue weighted by Crippen LogP contribution is -2.19. The maximum Gasteiger partial charge on any atom is 0.0478 e. The van der Waals surface area contributed by atoms with Crippen molar-refractivity contribution in [3.8, 4) is 0 Å². The third kappa shape index (κ3) is 31.9. The minimum atomic E-state index is 0.902.